The van der Waals surface area contributed by atoms with Crippen molar-refractivity contribution in [2.24, 2.45) is 4.99 Å². The number of hydrogen-bond donors (Lipinski definition) is 4. The SMILES string of the molecule is CN(C)CCN(CCN(C)C)C(=NC#N)[N+](C)(CCS(=O)Cc1ccco1)C(C(=O)O)C(O)(CC(=O)O)C(=O)O. The average molecular weight is 588 g/mol. The molecule has 16 heteroatoms. The van der Waals surface area contributed by atoms with E-state index in [0.29, 0.717) is 18.8 Å². The number of aliphatic imine (C=N–C) groups is 1. The van der Waals surface area contributed by atoms with Crippen molar-refractivity contribution >= 4 is 34.7 Å². The smallest absolute Gasteiger partial charge is 0.366 e. The largest absolute Gasteiger partial charge is 0.481 e. The summed E-state index contributed by atoms with van der Waals surface area (Å²) in [6, 6.07) is 0.862. The van der Waals surface area contributed by atoms with Gasteiger partial charge < -0.3 is 39.5 Å². The number of furan rings is 1. The van der Waals surface area contributed by atoms with E-state index >= 15 is 0 Å². The molecule has 1 aromatic rings. The van der Waals surface area contributed by atoms with E-state index in [0.717, 1.165) is 0 Å². The quantitative estimate of drug-likeness (QED) is 0.0746. The van der Waals surface area contributed by atoms with E-state index in [1.165, 1.54) is 13.3 Å². The summed E-state index contributed by atoms with van der Waals surface area (Å²) >= 11 is 0. The number of aliphatic carboxylic acids is 3. The van der Waals surface area contributed by atoms with Crippen LogP contribution in [0.15, 0.2) is 27.8 Å². The minimum atomic E-state index is -3.32. The van der Waals surface area contributed by atoms with Crippen LogP contribution in [-0.4, -0.2) is 153 Å². The Morgan fingerprint density at radius 3 is 2.10 bits per heavy atom. The van der Waals surface area contributed by atoms with Crippen molar-refractivity contribution in [3.63, 3.8) is 0 Å². The first-order valence-electron chi connectivity index (χ1n) is 12.2. The zero-order valence-corrected chi connectivity index (χ0v) is 24.2. The molecular weight excluding hydrogens is 548 g/mol. The molecule has 0 fully saturated rings. The Kier molecular flexibility index (Phi) is 13.4. The lowest BCUT2D eigenvalue weighted by Crippen LogP contribution is -2.74. The van der Waals surface area contributed by atoms with E-state index in [2.05, 4.69) is 4.99 Å². The molecule has 0 radical (unpaired) electrons. The van der Waals surface area contributed by atoms with Crippen molar-refractivity contribution < 1.29 is 47.9 Å². The maximum Gasteiger partial charge on any atom is 0.366 e. The fourth-order valence-corrected chi connectivity index (χ4v) is 5.42. The zero-order chi connectivity index (χ0) is 30.7. The van der Waals surface area contributed by atoms with Gasteiger partial charge in [0.05, 0.1) is 37.8 Å². The third-order valence-corrected chi connectivity index (χ3v) is 7.48. The van der Waals surface area contributed by atoms with Gasteiger partial charge in [0.25, 0.3) is 0 Å². The van der Waals surface area contributed by atoms with Crippen molar-refractivity contribution in [2.75, 3.05) is 73.7 Å². The van der Waals surface area contributed by atoms with Crippen LogP contribution in [0.1, 0.15) is 12.2 Å². The Hall–Kier alpha value is -3.36. The Bertz CT molecular complexity index is 1090. The van der Waals surface area contributed by atoms with Gasteiger partial charge in [-0.05, 0) is 40.3 Å². The summed E-state index contributed by atoms with van der Waals surface area (Å²) in [4.78, 5) is 45.8. The molecule has 1 heterocycles. The van der Waals surface area contributed by atoms with Crippen LogP contribution < -0.4 is 0 Å². The topological polar surface area (TPSA) is 208 Å². The summed E-state index contributed by atoms with van der Waals surface area (Å²) < 4.78 is 17.2. The van der Waals surface area contributed by atoms with E-state index in [9.17, 15) is 44.3 Å². The van der Waals surface area contributed by atoms with Crippen molar-refractivity contribution in [2.45, 2.75) is 23.8 Å². The fourth-order valence-electron chi connectivity index (χ4n) is 4.21. The van der Waals surface area contributed by atoms with E-state index in [-0.39, 0.29) is 37.1 Å². The molecule has 15 nitrogen and oxygen atoms in total. The molecule has 0 spiro atoms. The first-order chi connectivity index (χ1) is 18.6. The Labute approximate surface area is 235 Å². The van der Waals surface area contributed by atoms with Crippen LogP contribution in [0.5, 0.6) is 0 Å². The lowest BCUT2D eigenvalue weighted by Gasteiger charge is -2.46. The normalized spacial score (nSPS) is 16.5. The number of carboxylic acids is 3. The third-order valence-electron chi connectivity index (χ3n) is 6.24. The van der Waals surface area contributed by atoms with Gasteiger partial charge in [-0.2, -0.15) is 5.26 Å². The standard InChI is InChI=1S/C24H38N6O9S/c1-27(2)8-10-29(11-9-28(3)4)23(26-17-25)30(5,12-14-40(38)16-18-7-6-13-39-18)20(21(33)34)24(37,22(35)36)15-19(31)32/h6-7,13,20,37H,8-12,14-16H2,1-5H3,(H2-,31,32,33,34,35,36)/p+1. The van der Waals surface area contributed by atoms with Gasteiger partial charge in [0, 0.05) is 37.0 Å². The minimum Gasteiger partial charge on any atom is -0.481 e. The van der Waals surface area contributed by atoms with Crippen molar-refractivity contribution in [3.05, 3.63) is 24.2 Å². The third kappa shape index (κ3) is 9.68. The molecule has 4 N–H and O–H groups in total. The predicted octanol–water partition coefficient (Wildman–Crippen LogP) is -1.02. The number of nitriles is 1. The number of hydrogen-bond acceptors (Lipinski definition) is 10. The van der Waals surface area contributed by atoms with Crippen LogP contribution in [0.3, 0.4) is 0 Å². The van der Waals surface area contributed by atoms with Crippen molar-refractivity contribution in [1.29, 1.82) is 5.26 Å². The molecule has 0 aliphatic heterocycles. The second-order valence-electron chi connectivity index (χ2n) is 10.0. The van der Waals surface area contributed by atoms with E-state index < -0.39 is 51.3 Å². The molecule has 0 bridgehead atoms. The van der Waals surface area contributed by atoms with Gasteiger partial charge in [0.1, 0.15) is 5.76 Å². The maximum atomic E-state index is 13.0. The highest BCUT2D eigenvalue weighted by molar-refractivity contribution is 7.84. The maximum absolute atomic E-state index is 13.0. The van der Waals surface area contributed by atoms with Crippen LogP contribution in [0.2, 0.25) is 0 Å². The second kappa shape index (κ2) is 15.4. The molecule has 0 saturated heterocycles. The monoisotopic (exact) mass is 587 g/mol. The molecule has 40 heavy (non-hydrogen) atoms. The molecule has 4 unspecified atom stereocenters. The molecule has 0 aliphatic carbocycles. The zero-order valence-electron chi connectivity index (χ0n) is 23.4. The molecule has 0 saturated carbocycles. The highest BCUT2D eigenvalue weighted by Crippen LogP contribution is 2.29. The van der Waals surface area contributed by atoms with Gasteiger partial charge in [0.15, 0.2) is 0 Å². The number of carbonyl (C=O) groups is 3. The summed E-state index contributed by atoms with van der Waals surface area (Å²) in [6.45, 7) is 0.931. The lowest BCUT2D eigenvalue weighted by atomic mass is 9.87. The van der Waals surface area contributed by atoms with E-state index in [1.54, 1.807) is 51.4 Å². The summed E-state index contributed by atoms with van der Waals surface area (Å²) in [5.41, 5.74) is -3.32. The Morgan fingerprint density at radius 2 is 1.70 bits per heavy atom. The number of likely N-dealkylation sites (N-methyl/N-ethyl adjacent to an activating group) is 3. The summed E-state index contributed by atoms with van der Waals surface area (Å²) in [5, 5.41) is 50.5. The molecule has 1 aromatic heterocycles. The van der Waals surface area contributed by atoms with Crippen LogP contribution in [0, 0.1) is 11.5 Å². The molecular formula is C24H39N6O9S+. The molecule has 0 amide bonds. The van der Waals surface area contributed by atoms with Crippen LogP contribution in [0.4, 0.5) is 0 Å². The molecule has 4 atom stereocenters. The highest BCUT2D eigenvalue weighted by atomic mass is 32.2. The van der Waals surface area contributed by atoms with Gasteiger partial charge in [-0.1, -0.05) is 0 Å². The van der Waals surface area contributed by atoms with Gasteiger partial charge in [-0.15, -0.1) is 4.99 Å². The summed E-state index contributed by atoms with van der Waals surface area (Å²) in [7, 11) is 6.79. The fraction of sp³-hybridized carbons (Fsp3) is 0.625. The van der Waals surface area contributed by atoms with Crippen LogP contribution in [0.25, 0.3) is 0 Å². The molecule has 224 valence electrons. The predicted molar refractivity (Wildman–Crippen MR) is 144 cm³/mol. The van der Waals surface area contributed by atoms with Crippen molar-refractivity contribution in [3.8, 4) is 6.19 Å². The van der Waals surface area contributed by atoms with Crippen LogP contribution >= 0.6 is 0 Å². The lowest BCUT2D eigenvalue weighted by molar-refractivity contribution is -0.848. The number of rotatable bonds is 17. The second-order valence-corrected chi connectivity index (χ2v) is 11.6. The number of quaternary nitrogens is 1. The highest BCUT2D eigenvalue weighted by Gasteiger charge is 2.62. The summed E-state index contributed by atoms with van der Waals surface area (Å²) in [5.74, 6) is -5.72. The number of carboxylic acid groups (broad SMARTS) is 3. The first kappa shape index (κ1) is 34.7. The Balaban J connectivity index is 3.81. The van der Waals surface area contributed by atoms with Gasteiger partial charge in [-0.3, -0.25) is 9.00 Å². The molecule has 0 aromatic carbocycles. The number of aliphatic hydroxyl groups is 1. The van der Waals surface area contributed by atoms with E-state index in [1.807, 2.05) is 9.80 Å². The molecule has 1 rings (SSSR count). The van der Waals surface area contributed by atoms with Gasteiger partial charge in [0.2, 0.25) is 17.8 Å². The van der Waals surface area contributed by atoms with E-state index in [4.69, 9.17) is 4.42 Å². The van der Waals surface area contributed by atoms with Gasteiger partial charge >= 0.3 is 23.9 Å². The summed E-state index contributed by atoms with van der Waals surface area (Å²) in [6.07, 6.45) is 1.60. The number of nitrogens with zero attached hydrogens (tertiary/aromatic N) is 6. The minimum absolute atomic E-state index is 0.0290. The first-order valence-corrected chi connectivity index (χ1v) is 13.7. The van der Waals surface area contributed by atoms with Crippen LogP contribution in [-0.2, 0) is 30.9 Å². The van der Waals surface area contributed by atoms with Gasteiger partial charge in [-0.25, -0.2) is 14.1 Å². The number of guanidine groups is 1. The molecule has 0 aliphatic rings. The van der Waals surface area contributed by atoms with Crippen molar-refractivity contribution in [1.82, 2.24) is 14.7 Å². The average Bonchev–Trinajstić information content (AvgIpc) is 3.33. The Morgan fingerprint density at radius 1 is 1.12 bits per heavy atom.